The van der Waals surface area contributed by atoms with Gasteiger partial charge in [-0.1, -0.05) is 51.1 Å². The standard InChI is InChI=1S/C18H22O3/c1-13(18(2,3)4)21-17(19)12-20-16-10-9-14-7-5-6-8-15(14)11-16/h5-11,13H,12H2,1-4H3. The second-order valence-corrected chi connectivity index (χ2v) is 6.30. The van der Waals surface area contributed by atoms with Crippen LogP contribution in [-0.4, -0.2) is 18.7 Å². The lowest BCUT2D eigenvalue weighted by atomic mass is 9.90. The lowest BCUT2D eigenvalue weighted by Gasteiger charge is -2.26. The molecule has 2 aromatic rings. The molecule has 1 unspecified atom stereocenters. The third kappa shape index (κ3) is 4.22. The molecule has 0 amide bonds. The number of esters is 1. The first-order valence-corrected chi connectivity index (χ1v) is 7.17. The Bertz CT molecular complexity index is 626. The molecule has 21 heavy (non-hydrogen) atoms. The van der Waals surface area contributed by atoms with Gasteiger partial charge in [-0.05, 0) is 35.2 Å². The number of hydrogen-bond acceptors (Lipinski definition) is 3. The molecule has 1 atom stereocenters. The second-order valence-electron chi connectivity index (χ2n) is 6.30. The summed E-state index contributed by atoms with van der Waals surface area (Å²) < 4.78 is 10.9. The van der Waals surface area contributed by atoms with E-state index in [4.69, 9.17) is 9.47 Å². The highest BCUT2D eigenvalue weighted by atomic mass is 16.6. The zero-order chi connectivity index (χ0) is 15.5. The summed E-state index contributed by atoms with van der Waals surface area (Å²) in [6.07, 6.45) is -0.148. The third-order valence-corrected chi connectivity index (χ3v) is 3.61. The van der Waals surface area contributed by atoms with E-state index in [1.165, 1.54) is 0 Å². The van der Waals surface area contributed by atoms with E-state index in [0.29, 0.717) is 5.75 Å². The quantitative estimate of drug-likeness (QED) is 0.790. The van der Waals surface area contributed by atoms with Gasteiger partial charge in [-0.3, -0.25) is 0 Å². The topological polar surface area (TPSA) is 35.5 Å². The van der Waals surface area contributed by atoms with Crippen LogP contribution >= 0.6 is 0 Å². The van der Waals surface area contributed by atoms with Gasteiger partial charge in [-0.2, -0.15) is 0 Å². The summed E-state index contributed by atoms with van der Waals surface area (Å²) in [5.41, 5.74) is -0.0708. The van der Waals surface area contributed by atoms with Crippen LogP contribution in [0.2, 0.25) is 0 Å². The molecule has 112 valence electrons. The minimum Gasteiger partial charge on any atom is -0.482 e. The van der Waals surface area contributed by atoms with E-state index in [1.807, 2.05) is 70.2 Å². The lowest BCUT2D eigenvalue weighted by molar-refractivity contribution is -0.155. The van der Waals surface area contributed by atoms with Crippen molar-refractivity contribution in [3.63, 3.8) is 0 Å². The van der Waals surface area contributed by atoms with Crippen molar-refractivity contribution in [2.24, 2.45) is 5.41 Å². The summed E-state index contributed by atoms with van der Waals surface area (Å²) in [6, 6.07) is 13.8. The van der Waals surface area contributed by atoms with Gasteiger partial charge >= 0.3 is 5.97 Å². The molecular formula is C18H22O3. The Morgan fingerprint density at radius 2 is 1.76 bits per heavy atom. The smallest absolute Gasteiger partial charge is 0.344 e. The summed E-state index contributed by atoms with van der Waals surface area (Å²) in [5.74, 6) is 0.333. The van der Waals surface area contributed by atoms with E-state index in [2.05, 4.69) is 0 Å². The predicted octanol–water partition coefficient (Wildman–Crippen LogP) is 4.20. The Morgan fingerprint density at radius 3 is 2.43 bits per heavy atom. The molecule has 0 fully saturated rings. The van der Waals surface area contributed by atoms with Gasteiger partial charge in [0.1, 0.15) is 11.9 Å². The fraction of sp³-hybridized carbons (Fsp3) is 0.389. The monoisotopic (exact) mass is 286 g/mol. The molecule has 0 spiro atoms. The second kappa shape index (κ2) is 6.17. The molecule has 0 bridgehead atoms. The zero-order valence-corrected chi connectivity index (χ0v) is 13.1. The van der Waals surface area contributed by atoms with Gasteiger partial charge in [0, 0.05) is 0 Å². The minimum atomic E-state index is -0.342. The molecule has 0 aliphatic rings. The molecule has 0 aromatic heterocycles. The molecule has 0 aliphatic carbocycles. The van der Waals surface area contributed by atoms with Crippen LogP contribution in [0.1, 0.15) is 27.7 Å². The van der Waals surface area contributed by atoms with Gasteiger partial charge in [0.15, 0.2) is 6.61 Å². The molecule has 3 nitrogen and oxygen atoms in total. The van der Waals surface area contributed by atoms with Crippen LogP contribution in [0.4, 0.5) is 0 Å². The number of benzene rings is 2. The highest BCUT2D eigenvalue weighted by Crippen LogP contribution is 2.22. The zero-order valence-electron chi connectivity index (χ0n) is 13.1. The molecule has 0 heterocycles. The fourth-order valence-corrected chi connectivity index (χ4v) is 1.81. The summed E-state index contributed by atoms with van der Waals surface area (Å²) in [7, 11) is 0. The van der Waals surface area contributed by atoms with Gasteiger partial charge in [-0.15, -0.1) is 0 Å². The van der Waals surface area contributed by atoms with Crippen molar-refractivity contribution in [2.45, 2.75) is 33.8 Å². The van der Waals surface area contributed by atoms with Crippen LogP contribution in [0, 0.1) is 5.41 Å². The van der Waals surface area contributed by atoms with E-state index in [0.717, 1.165) is 10.8 Å². The molecule has 0 saturated carbocycles. The maximum atomic E-state index is 11.8. The number of rotatable bonds is 4. The first kappa shape index (κ1) is 15.4. The highest BCUT2D eigenvalue weighted by molar-refractivity contribution is 5.83. The molecular weight excluding hydrogens is 264 g/mol. The largest absolute Gasteiger partial charge is 0.482 e. The number of fused-ring (bicyclic) bond motifs is 1. The summed E-state index contributed by atoms with van der Waals surface area (Å²) >= 11 is 0. The molecule has 2 aromatic carbocycles. The first-order chi connectivity index (χ1) is 9.86. The Balaban J connectivity index is 1.94. The summed E-state index contributed by atoms with van der Waals surface area (Å²) in [6.45, 7) is 7.94. The van der Waals surface area contributed by atoms with Crippen LogP contribution in [0.15, 0.2) is 42.5 Å². The minimum absolute atomic E-state index is 0.0707. The Labute approximate surface area is 125 Å². The highest BCUT2D eigenvalue weighted by Gasteiger charge is 2.23. The van der Waals surface area contributed by atoms with Gasteiger partial charge in [0.25, 0.3) is 0 Å². The summed E-state index contributed by atoms with van der Waals surface area (Å²) in [5, 5.41) is 2.24. The van der Waals surface area contributed by atoms with Crippen molar-refractivity contribution in [1.29, 1.82) is 0 Å². The van der Waals surface area contributed by atoms with Crippen LogP contribution < -0.4 is 4.74 Å². The predicted molar refractivity (Wildman–Crippen MR) is 84.5 cm³/mol. The van der Waals surface area contributed by atoms with E-state index >= 15 is 0 Å². The SMILES string of the molecule is CC(OC(=O)COc1ccc2ccccc2c1)C(C)(C)C. The van der Waals surface area contributed by atoms with Crippen LogP contribution in [0.5, 0.6) is 5.75 Å². The summed E-state index contributed by atoms with van der Waals surface area (Å²) in [4.78, 5) is 11.8. The van der Waals surface area contributed by atoms with Crippen molar-refractivity contribution in [2.75, 3.05) is 6.61 Å². The number of carbonyl (C=O) groups is 1. The molecule has 0 saturated heterocycles. The van der Waals surface area contributed by atoms with Crippen molar-refractivity contribution < 1.29 is 14.3 Å². The van der Waals surface area contributed by atoms with E-state index in [9.17, 15) is 4.79 Å². The number of ether oxygens (including phenoxy) is 2. The van der Waals surface area contributed by atoms with E-state index in [1.54, 1.807) is 0 Å². The molecule has 3 heteroatoms. The maximum Gasteiger partial charge on any atom is 0.344 e. The Kier molecular flexibility index (Phi) is 4.51. The molecule has 0 N–H and O–H groups in total. The van der Waals surface area contributed by atoms with Crippen LogP contribution in [-0.2, 0) is 9.53 Å². The lowest BCUT2D eigenvalue weighted by Crippen LogP contribution is -2.30. The van der Waals surface area contributed by atoms with Crippen molar-refractivity contribution >= 4 is 16.7 Å². The van der Waals surface area contributed by atoms with E-state index in [-0.39, 0.29) is 24.1 Å². The van der Waals surface area contributed by atoms with Gasteiger partial charge in [0.05, 0.1) is 0 Å². The van der Waals surface area contributed by atoms with Crippen LogP contribution in [0.25, 0.3) is 10.8 Å². The fourth-order valence-electron chi connectivity index (χ4n) is 1.81. The third-order valence-electron chi connectivity index (χ3n) is 3.61. The number of hydrogen-bond donors (Lipinski definition) is 0. The van der Waals surface area contributed by atoms with Gasteiger partial charge < -0.3 is 9.47 Å². The molecule has 2 rings (SSSR count). The molecule has 0 radical (unpaired) electrons. The van der Waals surface area contributed by atoms with Crippen LogP contribution in [0.3, 0.4) is 0 Å². The normalized spacial score (nSPS) is 13.0. The Morgan fingerprint density at radius 1 is 1.10 bits per heavy atom. The van der Waals surface area contributed by atoms with Crippen molar-refractivity contribution in [1.82, 2.24) is 0 Å². The van der Waals surface area contributed by atoms with Gasteiger partial charge in [0.2, 0.25) is 0 Å². The Hall–Kier alpha value is -2.03. The van der Waals surface area contributed by atoms with Gasteiger partial charge in [-0.25, -0.2) is 4.79 Å². The van der Waals surface area contributed by atoms with Crippen molar-refractivity contribution in [3.8, 4) is 5.75 Å². The average molecular weight is 286 g/mol. The van der Waals surface area contributed by atoms with E-state index < -0.39 is 0 Å². The maximum absolute atomic E-state index is 11.8. The first-order valence-electron chi connectivity index (χ1n) is 7.17. The molecule has 0 aliphatic heterocycles. The van der Waals surface area contributed by atoms with Crippen molar-refractivity contribution in [3.05, 3.63) is 42.5 Å². The number of carbonyl (C=O) groups excluding carboxylic acids is 1. The average Bonchev–Trinajstić information content (AvgIpc) is 2.44.